The topological polar surface area (TPSA) is 145 Å². The number of nitrogens with zero attached hydrogens (tertiary/aromatic N) is 2. The quantitative estimate of drug-likeness (QED) is 0.155. The number of nitro benzene ring substituents is 2. The highest BCUT2D eigenvalue weighted by Crippen LogP contribution is 2.26. The third-order valence-electron chi connectivity index (χ3n) is 6.33. The third-order valence-corrected chi connectivity index (χ3v) is 6.33. The number of aliphatic hydroxyl groups is 1. The number of non-ortho nitro benzene ring substituents is 2. The molecule has 0 aliphatic rings. The van der Waals surface area contributed by atoms with Crippen LogP contribution in [0, 0.1) is 20.2 Å². The highest BCUT2D eigenvalue weighted by molar-refractivity contribution is 5.96. The number of hydrogen-bond donors (Lipinski definition) is 2. The van der Waals surface area contributed by atoms with Crippen molar-refractivity contribution in [2.75, 3.05) is 13.2 Å². The van der Waals surface area contributed by atoms with Crippen molar-refractivity contribution in [3.8, 4) is 5.75 Å². The number of unbranched alkanes of at least 4 members (excludes halogenated alkanes) is 4. The number of rotatable bonds is 17. The van der Waals surface area contributed by atoms with E-state index in [1.165, 1.54) is 19.3 Å². The van der Waals surface area contributed by atoms with Gasteiger partial charge in [0.1, 0.15) is 5.75 Å². The zero-order chi connectivity index (χ0) is 27.3. The Bertz CT molecular complexity index is 1010. The first-order chi connectivity index (χ1) is 17.7. The summed E-state index contributed by atoms with van der Waals surface area (Å²) in [4.78, 5) is 33.8. The van der Waals surface area contributed by atoms with E-state index >= 15 is 0 Å². The van der Waals surface area contributed by atoms with Crippen LogP contribution in [0.5, 0.6) is 5.75 Å². The maximum absolute atomic E-state index is 13.0. The van der Waals surface area contributed by atoms with Crippen molar-refractivity contribution < 1.29 is 24.5 Å². The van der Waals surface area contributed by atoms with Gasteiger partial charge in [0.05, 0.1) is 40.2 Å². The van der Waals surface area contributed by atoms with E-state index in [9.17, 15) is 30.1 Å². The average molecular weight is 516 g/mol. The molecule has 2 aromatic carbocycles. The largest absolute Gasteiger partial charge is 0.494 e. The van der Waals surface area contributed by atoms with E-state index in [-0.39, 0.29) is 12.2 Å². The number of nitrogens with one attached hydrogen (secondary N) is 1. The molecular weight excluding hydrogens is 478 g/mol. The van der Waals surface area contributed by atoms with Gasteiger partial charge in [0.15, 0.2) is 0 Å². The highest BCUT2D eigenvalue weighted by atomic mass is 16.6. The molecular formula is C27H37N3O7. The molecule has 2 N–H and O–H groups in total. The molecule has 10 heteroatoms. The minimum atomic E-state index is -0.987. The van der Waals surface area contributed by atoms with Gasteiger partial charge in [-0.1, -0.05) is 58.1 Å². The van der Waals surface area contributed by atoms with Crippen LogP contribution in [-0.2, 0) is 6.42 Å². The van der Waals surface area contributed by atoms with Gasteiger partial charge in [-0.15, -0.1) is 0 Å². The number of amides is 1. The van der Waals surface area contributed by atoms with Crippen molar-refractivity contribution in [1.82, 2.24) is 5.32 Å². The highest BCUT2D eigenvalue weighted by Gasteiger charge is 2.31. The van der Waals surface area contributed by atoms with E-state index < -0.39 is 32.7 Å². The Morgan fingerprint density at radius 3 is 2.08 bits per heavy atom. The SMILES string of the molecule is CCCCCCCOc1ccc(CC[C@@](CO)(CCC)NC(=O)c2cc([N+](=O)[O-])cc([N+](=O)[O-])c2)cc1. The van der Waals surface area contributed by atoms with E-state index in [1.807, 2.05) is 31.2 Å². The van der Waals surface area contributed by atoms with Crippen LogP contribution < -0.4 is 10.1 Å². The lowest BCUT2D eigenvalue weighted by molar-refractivity contribution is -0.394. The minimum Gasteiger partial charge on any atom is -0.494 e. The van der Waals surface area contributed by atoms with Gasteiger partial charge in [0.2, 0.25) is 0 Å². The molecule has 2 aromatic rings. The van der Waals surface area contributed by atoms with Crippen molar-refractivity contribution in [1.29, 1.82) is 0 Å². The average Bonchev–Trinajstić information content (AvgIpc) is 2.89. The van der Waals surface area contributed by atoms with Gasteiger partial charge in [-0.05, 0) is 43.4 Å². The minimum absolute atomic E-state index is 0.203. The van der Waals surface area contributed by atoms with Gasteiger partial charge in [-0.3, -0.25) is 25.0 Å². The number of ether oxygens (including phenoxy) is 1. The van der Waals surface area contributed by atoms with Crippen LogP contribution in [0.3, 0.4) is 0 Å². The molecule has 0 aliphatic carbocycles. The summed E-state index contributed by atoms with van der Waals surface area (Å²) in [5, 5.41) is 35.4. The number of aryl methyl sites for hydroxylation is 1. The summed E-state index contributed by atoms with van der Waals surface area (Å²) in [5.74, 6) is 0.0822. The normalized spacial score (nSPS) is 12.5. The molecule has 0 radical (unpaired) electrons. The van der Waals surface area contributed by atoms with Crippen LogP contribution in [0.2, 0.25) is 0 Å². The molecule has 0 saturated heterocycles. The first-order valence-corrected chi connectivity index (χ1v) is 12.8. The number of benzene rings is 2. The Morgan fingerprint density at radius 2 is 1.54 bits per heavy atom. The molecule has 202 valence electrons. The maximum Gasteiger partial charge on any atom is 0.277 e. The Balaban J connectivity index is 2.06. The molecule has 0 aromatic heterocycles. The summed E-state index contributed by atoms with van der Waals surface area (Å²) in [6.07, 6.45) is 7.95. The summed E-state index contributed by atoms with van der Waals surface area (Å²) >= 11 is 0. The van der Waals surface area contributed by atoms with Crippen LogP contribution >= 0.6 is 0 Å². The molecule has 1 amide bonds. The lowest BCUT2D eigenvalue weighted by Crippen LogP contribution is -2.51. The van der Waals surface area contributed by atoms with Crippen molar-refractivity contribution in [3.63, 3.8) is 0 Å². The Morgan fingerprint density at radius 1 is 0.919 bits per heavy atom. The standard InChI is InChI=1S/C27H37N3O7/c1-3-5-6-7-8-16-37-25-11-9-21(10-12-25)13-15-27(20-31,14-4-2)28-26(32)22-17-23(29(33)34)19-24(18-22)30(35)36/h9-12,17-19,31H,3-8,13-16,20H2,1-2H3,(H,28,32)/t27-/m1/s1. The molecule has 2 rings (SSSR count). The van der Waals surface area contributed by atoms with Crippen LogP contribution in [0.25, 0.3) is 0 Å². The lowest BCUT2D eigenvalue weighted by Gasteiger charge is -2.33. The Hall–Kier alpha value is -3.53. The first-order valence-electron chi connectivity index (χ1n) is 12.8. The predicted octanol–water partition coefficient (Wildman–Crippen LogP) is 5.75. The van der Waals surface area contributed by atoms with Crippen LogP contribution in [0.1, 0.15) is 81.1 Å². The summed E-state index contributed by atoms with van der Waals surface area (Å²) < 4.78 is 5.81. The van der Waals surface area contributed by atoms with Crippen LogP contribution in [-0.4, -0.2) is 39.6 Å². The fraction of sp³-hybridized carbons (Fsp3) is 0.519. The van der Waals surface area contributed by atoms with Gasteiger partial charge < -0.3 is 15.2 Å². The van der Waals surface area contributed by atoms with Crippen molar-refractivity contribution in [2.45, 2.75) is 77.2 Å². The second kappa shape index (κ2) is 14.9. The molecule has 0 saturated carbocycles. The fourth-order valence-corrected chi connectivity index (χ4v) is 4.21. The van der Waals surface area contributed by atoms with Gasteiger partial charge in [-0.2, -0.15) is 0 Å². The fourth-order valence-electron chi connectivity index (χ4n) is 4.21. The van der Waals surface area contributed by atoms with E-state index in [2.05, 4.69) is 12.2 Å². The molecule has 0 spiro atoms. The molecule has 0 aliphatic heterocycles. The van der Waals surface area contributed by atoms with Crippen LogP contribution in [0.4, 0.5) is 11.4 Å². The zero-order valence-corrected chi connectivity index (χ0v) is 21.6. The maximum atomic E-state index is 13.0. The van der Waals surface area contributed by atoms with Crippen LogP contribution in [0.15, 0.2) is 42.5 Å². The smallest absolute Gasteiger partial charge is 0.277 e. The second-order valence-electron chi connectivity index (χ2n) is 9.30. The molecule has 0 unspecified atom stereocenters. The summed E-state index contributed by atoms with van der Waals surface area (Å²) in [6.45, 7) is 4.44. The van der Waals surface area contributed by atoms with E-state index in [0.29, 0.717) is 32.3 Å². The number of carbonyl (C=O) groups excluding carboxylic acids is 1. The monoisotopic (exact) mass is 515 g/mol. The first kappa shape index (κ1) is 29.7. The van der Waals surface area contributed by atoms with Gasteiger partial charge in [0.25, 0.3) is 17.3 Å². The Labute approximate surface area is 217 Å². The van der Waals surface area contributed by atoms with Gasteiger partial charge >= 0.3 is 0 Å². The zero-order valence-electron chi connectivity index (χ0n) is 21.6. The van der Waals surface area contributed by atoms with E-state index in [4.69, 9.17) is 4.74 Å². The molecule has 0 heterocycles. The molecule has 0 fully saturated rings. The number of carbonyl (C=O) groups is 1. The van der Waals surface area contributed by atoms with Gasteiger partial charge in [0, 0.05) is 12.1 Å². The molecule has 37 heavy (non-hydrogen) atoms. The second-order valence-corrected chi connectivity index (χ2v) is 9.30. The van der Waals surface area contributed by atoms with E-state index in [1.54, 1.807) is 0 Å². The Kier molecular flexibility index (Phi) is 12.0. The number of nitro groups is 2. The third kappa shape index (κ3) is 9.45. The summed E-state index contributed by atoms with van der Waals surface area (Å²) in [6, 6.07) is 10.5. The number of aliphatic hydroxyl groups excluding tert-OH is 1. The lowest BCUT2D eigenvalue weighted by atomic mass is 9.87. The molecule has 0 bridgehead atoms. The summed E-state index contributed by atoms with van der Waals surface area (Å²) in [5.41, 5.74) is -1.28. The van der Waals surface area contributed by atoms with E-state index in [0.717, 1.165) is 42.4 Å². The predicted molar refractivity (Wildman–Crippen MR) is 141 cm³/mol. The molecule has 1 atom stereocenters. The van der Waals surface area contributed by atoms with Crippen molar-refractivity contribution in [3.05, 3.63) is 73.8 Å². The molecule has 10 nitrogen and oxygen atoms in total. The number of hydrogen-bond acceptors (Lipinski definition) is 7. The summed E-state index contributed by atoms with van der Waals surface area (Å²) in [7, 11) is 0. The van der Waals surface area contributed by atoms with Gasteiger partial charge in [-0.25, -0.2) is 0 Å². The van der Waals surface area contributed by atoms with Crippen molar-refractivity contribution >= 4 is 17.3 Å². The van der Waals surface area contributed by atoms with Crippen molar-refractivity contribution in [2.24, 2.45) is 0 Å².